The molecular formula is C11H26N2O2. The van der Waals surface area contributed by atoms with Crippen molar-refractivity contribution in [3.63, 3.8) is 0 Å². The summed E-state index contributed by atoms with van der Waals surface area (Å²) in [6.45, 7) is 8.68. The Kier molecular flexibility index (Phi) is 10.3. The lowest BCUT2D eigenvalue weighted by atomic mass is 10.2. The molecule has 0 rings (SSSR count). The molecule has 0 aromatic heterocycles. The SMILES string of the molecule is CCOC(CN)CCN(CC)CCCO. The third-order valence-electron chi connectivity index (χ3n) is 2.51. The molecule has 0 aliphatic rings. The largest absolute Gasteiger partial charge is 0.396 e. The molecule has 0 amide bonds. The molecule has 0 fully saturated rings. The van der Waals surface area contributed by atoms with Gasteiger partial charge in [-0.15, -0.1) is 0 Å². The summed E-state index contributed by atoms with van der Waals surface area (Å²) in [5.41, 5.74) is 5.60. The fourth-order valence-corrected chi connectivity index (χ4v) is 1.55. The summed E-state index contributed by atoms with van der Waals surface area (Å²) in [6, 6.07) is 0. The molecule has 4 heteroatoms. The Bertz CT molecular complexity index is 134. The van der Waals surface area contributed by atoms with Gasteiger partial charge < -0.3 is 20.5 Å². The van der Waals surface area contributed by atoms with Crippen LogP contribution in [-0.4, -0.2) is 55.5 Å². The van der Waals surface area contributed by atoms with E-state index >= 15 is 0 Å². The zero-order chi connectivity index (χ0) is 11.5. The molecule has 1 atom stereocenters. The maximum absolute atomic E-state index is 8.75. The summed E-state index contributed by atoms with van der Waals surface area (Å²) in [5, 5.41) is 8.75. The molecule has 0 heterocycles. The van der Waals surface area contributed by atoms with Gasteiger partial charge in [-0.3, -0.25) is 0 Å². The lowest BCUT2D eigenvalue weighted by molar-refractivity contribution is 0.0542. The van der Waals surface area contributed by atoms with Gasteiger partial charge in [-0.1, -0.05) is 6.92 Å². The smallest absolute Gasteiger partial charge is 0.0709 e. The summed E-state index contributed by atoms with van der Waals surface area (Å²) >= 11 is 0. The van der Waals surface area contributed by atoms with E-state index in [2.05, 4.69) is 11.8 Å². The number of rotatable bonds is 10. The van der Waals surface area contributed by atoms with E-state index in [0.717, 1.165) is 39.1 Å². The average molecular weight is 218 g/mol. The minimum atomic E-state index is 0.179. The van der Waals surface area contributed by atoms with Crippen molar-refractivity contribution in [3.8, 4) is 0 Å². The number of hydrogen-bond donors (Lipinski definition) is 2. The van der Waals surface area contributed by atoms with E-state index in [-0.39, 0.29) is 12.7 Å². The van der Waals surface area contributed by atoms with E-state index in [4.69, 9.17) is 15.6 Å². The summed E-state index contributed by atoms with van der Waals surface area (Å²) in [6.07, 6.45) is 2.00. The first-order valence-corrected chi connectivity index (χ1v) is 5.93. The standard InChI is InChI=1S/C11H26N2O2/c1-3-13(7-5-9-14)8-6-11(10-12)15-4-2/h11,14H,3-10,12H2,1-2H3. The van der Waals surface area contributed by atoms with Crippen LogP contribution in [0.1, 0.15) is 26.7 Å². The van der Waals surface area contributed by atoms with Gasteiger partial charge in [0.05, 0.1) is 6.10 Å². The lowest BCUT2D eigenvalue weighted by Gasteiger charge is -2.23. The third kappa shape index (κ3) is 7.73. The highest BCUT2D eigenvalue weighted by molar-refractivity contribution is 4.63. The molecule has 0 radical (unpaired) electrons. The van der Waals surface area contributed by atoms with Crippen molar-refractivity contribution in [1.29, 1.82) is 0 Å². The van der Waals surface area contributed by atoms with Crippen LogP contribution in [0, 0.1) is 0 Å². The van der Waals surface area contributed by atoms with Crippen molar-refractivity contribution < 1.29 is 9.84 Å². The van der Waals surface area contributed by atoms with Crippen LogP contribution >= 0.6 is 0 Å². The van der Waals surface area contributed by atoms with Gasteiger partial charge in [0.15, 0.2) is 0 Å². The normalized spacial score (nSPS) is 13.4. The van der Waals surface area contributed by atoms with Crippen LogP contribution in [0.15, 0.2) is 0 Å². The Morgan fingerprint density at radius 3 is 2.53 bits per heavy atom. The molecular weight excluding hydrogens is 192 g/mol. The predicted octanol–water partition coefficient (Wildman–Crippen LogP) is 0.445. The van der Waals surface area contributed by atoms with Crippen molar-refractivity contribution in [2.45, 2.75) is 32.8 Å². The minimum Gasteiger partial charge on any atom is -0.396 e. The van der Waals surface area contributed by atoms with Crippen LogP contribution in [0.2, 0.25) is 0 Å². The second kappa shape index (κ2) is 10.4. The highest BCUT2D eigenvalue weighted by atomic mass is 16.5. The lowest BCUT2D eigenvalue weighted by Crippen LogP contribution is -2.32. The molecule has 0 saturated heterocycles. The topological polar surface area (TPSA) is 58.7 Å². The first kappa shape index (κ1) is 14.8. The third-order valence-corrected chi connectivity index (χ3v) is 2.51. The quantitative estimate of drug-likeness (QED) is 0.559. The Balaban J connectivity index is 3.66. The maximum atomic E-state index is 8.75. The molecule has 4 nitrogen and oxygen atoms in total. The predicted molar refractivity (Wildman–Crippen MR) is 62.9 cm³/mol. The second-order valence-electron chi connectivity index (χ2n) is 3.61. The van der Waals surface area contributed by atoms with E-state index in [0.29, 0.717) is 6.54 Å². The Morgan fingerprint density at radius 1 is 1.33 bits per heavy atom. The molecule has 1 unspecified atom stereocenters. The summed E-state index contributed by atoms with van der Waals surface area (Å²) in [5.74, 6) is 0. The van der Waals surface area contributed by atoms with Crippen LogP contribution in [-0.2, 0) is 4.74 Å². The summed E-state index contributed by atoms with van der Waals surface area (Å²) < 4.78 is 5.49. The number of ether oxygens (including phenoxy) is 1. The molecule has 0 aliphatic carbocycles. The zero-order valence-electron chi connectivity index (χ0n) is 10.1. The van der Waals surface area contributed by atoms with Gasteiger partial charge in [0.2, 0.25) is 0 Å². The molecule has 0 aliphatic heterocycles. The van der Waals surface area contributed by atoms with Crippen LogP contribution in [0.25, 0.3) is 0 Å². The van der Waals surface area contributed by atoms with Crippen molar-refractivity contribution >= 4 is 0 Å². The van der Waals surface area contributed by atoms with Crippen LogP contribution in [0.3, 0.4) is 0 Å². The number of hydrogen-bond acceptors (Lipinski definition) is 4. The molecule has 92 valence electrons. The van der Waals surface area contributed by atoms with E-state index in [1.807, 2.05) is 6.92 Å². The van der Waals surface area contributed by atoms with E-state index < -0.39 is 0 Å². The van der Waals surface area contributed by atoms with Crippen molar-refractivity contribution in [3.05, 3.63) is 0 Å². The van der Waals surface area contributed by atoms with Gasteiger partial charge in [0.1, 0.15) is 0 Å². The Labute approximate surface area is 93.4 Å². The number of nitrogens with zero attached hydrogens (tertiary/aromatic N) is 1. The van der Waals surface area contributed by atoms with E-state index in [9.17, 15) is 0 Å². The fraction of sp³-hybridized carbons (Fsp3) is 1.00. The molecule has 0 bridgehead atoms. The minimum absolute atomic E-state index is 0.179. The molecule has 0 spiro atoms. The van der Waals surface area contributed by atoms with Gasteiger partial charge in [0, 0.05) is 32.8 Å². The molecule has 0 aromatic carbocycles. The van der Waals surface area contributed by atoms with Gasteiger partial charge in [-0.05, 0) is 26.3 Å². The van der Waals surface area contributed by atoms with E-state index in [1.54, 1.807) is 0 Å². The number of nitrogens with two attached hydrogens (primary N) is 1. The first-order valence-electron chi connectivity index (χ1n) is 5.93. The highest BCUT2D eigenvalue weighted by Gasteiger charge is 2.08. The van der Waals surface area contributed by atoms with Crippen LogP contribution < -0.4 is 5.73 Å². The van der Waals surface area contributed by atoms with Gasteiger partial charge >= 0.3 is 0 Å². The molecule has 15 heavy (non-hydrogen) atoms. The summed E-state index contributed by atoms with van der Waals surface area (Å²) in [4.78, 5) is 2.32. The summed E-state index contributed by atoms with van der Waals surface area (Å²) in [7, 11) is 0. The first-order chi connectivity index (χ1) is 7.28. The monoisotopic (exact) mass is 218 g/mol. The average Bonchev–Trinajstić information content (AvgIpc) is 2.27. The van der Waals surface area contributed by atoms with E-state index in [1.165, 1.54) is 0 Å². The fourth-order valence-electron chi connectivity index (χ4n) is 1.55. The van der Waals surface area contributed by atoms with Crippen molar-refractivity contribution in [2.24, 2.45) is 5.73 Å². The number of aliphatic hydroxyl groups excluding tert-OH is 1. The maximum Gasteiger partial charge on any atom is 0.0709 e. The molecule has 0 aromatic rings. The van der Waals surface area contributed by atoms with Gasteiger partial charge in [-0.25, -0.2) is 0 Å². The molecule has 3 N–H and O–H groups in total. The Morgan fingerprint density at radius 2 is 2.07 bits per heavy atom. The number of aliphatic hydroxyl groups is 1. The van der Waals surface area contributed by atoms with Gasteiger partial charge in [-0.2, -0.15) is 0 Å². The zero-order valence-corrected chi connectivity index (χ0v) is 10.1. The highest BCUT2D eigenvalue weighted by Crippen LogP contribution is 2.00. The van der Waals surface area contributed by atoms with Crippen LogP contribution in [0.4, 0.5) is 0 Å². The molecule has 0 saturated carbocycles. The van der Waals surface area contributed by atoms with Crippen molar-refractivity contribution in [2.75, 3.05) is 39.4 Å². The van der Waals surface area contributed by atoms with Gasteiger partial charge in [0.25, 0.3) is 0 Å². The Hall–Kier alpha value is -0.160. The van der Waals surface area contributed by atoms with Crippen LogP contribution in [0.5, 0.6) is 0 Å². The second-order valence-corrected chi connectivity index (χ2v) is 3.61. The van der Waals surface area contributed by atoms with Crippen molar-refractivity contribution in [1.82, 2.24) is 4.90 Å².